The number of hydrogen-bond donors (Lipinski definition) is 2. The first-order chi connectivity index (χ1) is 11.5. The zero-order valence-electron chi connectivity index (χ0n) is 13.4. The van der Waals surface area contributed by atoms with E-state index in [9.17, 15) is 19.5 Å². The molecule has 2 N–H and O–H groups in total. The number of piperidine rings is 1. The van der Waals surface area contributed by atoms with E-state index in [1.165, 1.54) is 11.9 Å². The Morgan fingerprint density at radius 3 is 2.67 bits per heavy atom. The van der Waals surface area contributed by atoms with Crippen molar-refractivity contribution in [1.82, 2.24) is 10.2 Å². The van der Waals surface area contributed by atoms with Crippen LogP contribution in [0.3, 0.4) is 0 Å². The minimum atomic E-state index is -1.04. The molecule has 2 atom stereocenters. The fourth-order valence-electron chi connectivity index (χ4n) is 3.34. The molecule has 2 aliphatic rings. The molecule has 2 aliphatic heterocycles. The number of benzene rings is 1. The van der Waals surface area contributed by atoms with E-state index in [4.69, 9.17) is 4.74 Å². The highest BCUT2D eigenvalue weighted by atomic mass is 16.5. The number of carboxylic acids is 1. The van der Waals surface area contributed by atoms with Gasteiger partial charge in [-0.3, -0.25) is 9.59 Å². The van der Waals surface area contributed by atoms with E-state index in [1.807, 2.05) is 6.07 Å². The summed E-state index contributed by atoms with van der Waals surface area (Å²) in [4.78, 5) is 37.6. The number of nitrogens with one attached hydrogen (secondary N) is 1. The topological polar surface area (TPSA) is 95.9 Å². The van der Waals surface area contributed by atoms with E-state index < -0.39 is 12.0 Å². The van der Waals surface area contributed by atoms with Gasteiger partial charge in [0, 0.05) is 19.2 Å². The van der Waals surface area contributed by atoms with Gasteiger partial charge in [0.2, 0.25) is 5.91 Å². The number of nitrogens with zero attached hydrogens (tertiary/aromatic N) is 1. The second-order valence-electron chi connectivity index (χ2n) is 6.18. The number of likely N-dealkylation sites (tertiary alicyclic amines) is 1. The Morgan fingerprint density at radius 1 is 1.21 bits per heavy atom. The summed E-state index contributed by atoms with van der Waals surface area (Å²) in [5.41, 5.74) is 2.43. The van der Waals surface area contributed by atoms with Gasteiger partial charge in [0.05, 0.1) is 19.1 Å². The lowest BCUT2D eigenvalue weighted by Crippen LogP contribution is -2.53. The molecule has 0 radical (unpaired) electrons. The molecule has 1 aromatic carbocycles. The van der Waals surface area contributed by atoms with Crippen LogP contribution in [0.5, 0.6) is 0 Å². The van der Waals surface area contributed by atoms with Gasteiger partial charge in [0.15, 0.2) is 0 Å². The largest absolute Gasteiger partial charge is 0.480 e. The maximum absolute atomic E-state index is 12.9. The summed E-state index contributed by atoms with van der Waals surface area (Å²) in [6, 6.07) is 4.39. The van der Waals surface area contributed by atoms with Crippen molar-refractivity contribution in [1.29, 1.82) is 0 Å². The second-order valence-corrected chi connectivity index (χ2v) is 6.18. The molecular formula is C17H20N2O5. The highest BCUT2D eigenvalue weighted by molar-refractivity contribution is 5.97. The molecule has 24 heavy (non-hydrogen) atoms. The molecule has 0 spiro atoms. The summed E-state index contributed by atoms with van der Waals surface area (Å²) in [5, 5.41) is 12.0. The van der Waals surface area contributed by atoms with E-state index in [0.29, 0.717) is 25.2 Å². The summed E-state index contributed by atoms with van der Waals surface area (Å²) in [6.07, 6.45) is 0.728. The fraction of sp³-hybridized carbons (Fsp3) is 0.471. The number of rotatable bonds is 3. The number of amides is 2. The van der Waals surface area contributed by atoms with Crippen molar-refractivity contribution in [2.24, 2.45) is 5.92 Å². The Hall–Kier alpha value is -2.41. The van der Waals surface area contributed by atoms with Gasteiger partial charge in [-0.25, -0.2) is 4.79 Å². The average molecular weight is 332 g/mol. The van der Waals surface area contributed by atoms with Crippen LogP contribution in [-0.2, 0) is 27.5 Å². The third-order valence-electron chi connectivity index (χ3n) is 4.71. The van der Waals surface area contributed by atoms with Crippen LogP contribution in [0.1, 0.15) is 34.3 Å². The molecule has 0 aliphatic carbocycles. The van der Waals surface area contributed by atoms with E-state index >= 15 is 0 Å². The first-order valence-electron chi connectivity index (χ1n) is 7.96. The van der Waals surface area contributed by atoms with Crippen molar-refractivity contribution in [3.63, 3.8) is 0 Å². The molecule has 0 bridgehead atoms. The normalized spacial score (nSPS) is 22.8. The van der Waals surface area contributed by atoms with Gasteiger partial charge in [-0.1, -0.05) is 6.07 Å². The Bertz CT molecular complexity index is 688. The van der Waals surface area contributed by atoms with Gasteiger partial charge in [-0.05, 0) is 36.1 Å². The third-order valence-corrected chi connectivity index (χ3v) is 4.71. The van der Waals surface area contributed by atoms with Crippen LogP contribution in [0.4, 0.5) is 0 Å². The predicted molar refractivity (Wildman–Crippen MR) is 84.2 cm³/mol. The Kier molecular flexibility index (Phi) is 4.53. The number of carboxylic acid groups (broad SMARTS) is 1. The molecule has 1 saturated heterocycles. The van der Waals surface area contributed by atoms with Crippen LogP contribution in [0.25, 0.3) is 0 Å². The smallest absolute Gasteiger partial charge is 0.326 e. The van der Waals surface area contributed by atoms with E-state index in [1.54, 1.807) is 12.1 Å². The highest BCUT2D eigenvalue weighted by Crippen LogP contribution is 2.26. The van der Waals surface area contributed by atoms with Gasteiger partial charge >= 0.3 is 5.97 Å². The van der Waals surface area contributed by atoms with Gasteiger partial charge in [-0.15, -0.1) is 0 Å². The molecule has 2 heterocycles. The zero-order chi connectivity index (χ0) is 17.3. The molecule has 1 aromatic rings. The summed E-state index contributed by atoms with van der Waals surface area (Å²) in [7, 11) is 1.54. The van der Waals surface area contributed by atoms with E-state index in [2.05, 4.69) is 5.32 Å². The summed E-state index contributed by atoms with van der Waals surface area (Å²) >= 11 is 0. The molecule has 7 nitrogen and oxygen atoms in total. The van der Waals surface area contributed by atoms with Gasteiger partial charge in [0.1, 0.15) is 6.04 Å². The number of carbonyl (C=O) groups excluding carboxylic acids is 2. The average Bonchev–Trinajstić information content (AvgIpc) is 3.07. The quantitative estimate of drug-likeness (QED) is 0.852. The fourth-order valence-corrected chi connectivity index (χ4v) is 3.34. The summed E-state index contributed by atoms with van der Waals surface area (Å²) < 4.78 is 5.35. The zero-order valence-corrected chi connectivity index (χ0v) is 13.4. The van der Waals surface area contributed by atoms with Crippen molar-refractivity contribution < 1.29 is 24.2 Å². The monoisotopic (exact) mass is 332 g/mol. The molecule has 0 aromatic heterocycles. The van der Waals surface area contributed by atoms with Crippen molar-refractivity contribution in [2.45, 2.75) is 32.1 Å². The van der Waals surface area contributed by atoms with Crippen LogP contribution in [-0.4, -0.2) is 47.4 Å². The molecule has 1 fully saturated rings. The van der Waals surface area contributed by atoms with Crippen molar-refractivity contribution in [3.8, 4) is 0 Å². The van der Waals surface area contributed by atoms with Crippen molar-refractivity contribution in [3.05, 3.63) is 34.9 Å². The minimum Gasteiger partial charge on any atom is -0.480 e. The van der Waals surface area contributed by atoms with Crippen molar-refractivity contribution >= 4 is 17.8 Å². The summed E-state index contributed by atoms with van der Waals surface area (Å²) in [5.74, 6) is -1.94. The van der Waals surface area contributed by atoms with Gasteiger partial charge in [-0.2, -0.15) is 0 Å². The van der Waals surface area contributed by atoms with Crippen LogP contribution < -0.4 is 5.32 Å². The third kappa shape index (κ3) is 2.99. The first kappa shape index (κ1) is 16.4. The summed E-state index contributed by atoms with van der Waals surface area (Å²) in [6.45, 7) is 1.10. The molecule has 2 amide bonds. The van der Waals surface area contributed by atoms with Gasteiger partial charge < -0.3 is 20.1 Å². The SMILES string of the molecule is CNC(=O)[C@H]1CC[C@@H](C(=O)O)N(C(=O)c2ccc3c(c2)COC3)C1. The molecule has 0 saturated carbocycles. The van der Waals surface area contributed by atoms with E-state index in [-0.39, 0.29) is 30.7 Å². The van der Waals surface area contributed by atoms with Crippen LogP contribution in [0.15, 0.2) is 18.2 Å². The molecule has 0 unspecified atom stereocenters. The Morgan fingerprint density at radius 2 is 1.96 bits per heavy atom. The van der Waals surface area contributed by atoms with Crippen LogP contribution >= 0.6 is 0 Å². The molecule has 128 valence electrons. The lowest BCUT2D eigenvalue weighted by Gasteiger charge is -2.36. The number of ether oxygens (including phenoxy) is 1. The predicted octanol–water partition coefficient (Wildman–Crippen LogP) is 0.768. The van der Waals surface area contributed by atoms with Crippen molar-refractivity contribution in [2.75, 3.05) is 13.6 Å². The number of aliphatic carboxylic acids is 1. The van der Waals surface area contributed by atoms with E-state index in [0.717, 1.165) is 11.1 Å². The minimum absolute atomic E-state index is 0.114. The maximum Gasteiger partial charge on any atom is 0.326 e. The lowest BCUT2D eigenvalue weighted by molar-refractivity contribution is -0.145. The van der Waals surface area contributed by atoms with Gasteiger partial charge in [0.25, 0.3) is 5.91 Å². The lowest BCUT2D eigenvalue weighted by atomic mass is 9.91. The van der Waals surface area contributed by atoms with Crippen LogP contribution in [0.2, 0.25) is 0 Å². The Labute approximate surface area is 139 Å². The number of fused-ring (bicyclic) bond motifs is 1. The van der Waals surface area contributed by atoms with Crippen LogP contribution in [0, 0.1) is 5.92 Å². The highest BCUT2D eigenvalue weighted by Gasteiger charge is 2.38. The molecular weight excluding hydrogens is 312 g/mol. The number of hydrogen-bond acceptors (Lipinski definition) is 4. The first-order valence-corrected chi connectivity index (χ1v) is 7.96. The molecule has 3 rings (SSSR count). The standard InChI is InChI=1S/C17H20N2O5/c1-18-15(20)11-4-5-14(17(22)23)19(7-11)16(21)10-2-3-12-8-24-9-13(12)6-10/h2-3,6,11,14H,4-5,7-9H2,1H3,(H,18,20)(H,22,23)/t11-,14-/m0/s1. The maximum atomic E-state index is 12.9. The Balaban J connectivity index is 1.86. The number of carbonyl (C=O) groups is 3. The second kappa shape index (κ2) is 6.60. The molecule has 7 heteroatoms.